The van der Waals surface area contributed by atoms with Crippen molar-refractivity contribution < 1.29 is 9.53 Å². The van der Waals surface area contributed by atoms with Crippen molar-refractivity contribution in [3.05, 3.63) is 46.6 Å². The van der Waals surface area contributed by atoms with Crippen LogP contribution in [0.3, 0.4) is 0 Å². The number of aromatic nitrogens is 1. The third-order valence-electron chi connectivity index (χ3n) is 5.01. The van der Waals surface area contributed by atoms with Gasteiger partial charge in [-0.25, -0.2) is 4.98 Å². The van der Waals surface area contributed by atoms with Crippen LogP contribution in [-0.4, -0.2) is 47.7 Å². The molecular formula is C21H23N7O2. The molecule has 2 aliphatic heterocycles. The number of carbonyl (C=O) groups excluding carboxylic acids is 1. The smallest absolute Gasteiger partial charge is 0.277 e. The fourth-order valence-electron chi connectivity index (χ4n) is 3.32. The van der Waals surface area contributed by atoms with Gasteiger partial charge in [-0.2, -0.15) is 5.11 Å². The molecule has 4 rings (SSSR count). The highest BCUT2D eigenvalue weighted by Crippen LogP contribution is 2.19. The first kappa shape index (κ1) is 19.8. The first-order valence-electron chi connectivity index (χ1n) is 10.0. The maximum absolute atomic E-state index is 12.7. The highest BCUT2D eigenvalue weighted by atomic mass is 16.5. The van der Waals surface area contributed by atoms with Gasteiger partial charge in [-0.15, -0.1) is 15.3 Å². The van der Waals surface area contributed by atoms with E-state index < -0.39 is 0 Å². The van der Waals surface area contributed by atoms with Gasteiger partial charge in [-0.05, 0) is 37.7 Å². The molecular weight excluding hydrogens is 382 g/mol. The predicted molar refractivity (Wildman–Crippen MR) is 114 cm³/mol. The third-order valence-corrected chi connectivity index (χ3v) is 5.01. The molecule has 1 aromatic heterocycles. The Morgan fingerprint density at radius 2 is 2.00 bits per heavy atom. The molecule has 9 nitrogen and oxygen atoms in total. The highest BCUT2D eigenvalue weighted by molar-refractivity contribution is 6.50. The molecule has 1 aromatic carbocycles. The summed E-state index contributed by atoms with van der Waals surface area (Å²) >= 11 is 0. The predicted octanol–water partition coefficient (Wildman–Crippen LogP) is 2.00. The Morgan fingerprint density at radius 1 is 1.13 bits per heavy atom. The van der Waals surface area contributed by atoms with Crippen LogP contribution < -0.4 is 20.6 Å². The normalized spacial score (nSPS) is 13.4. The molecule has 0 saturated heterocycles. The fourth-order valence-corrected chi connectivity index (χ4v) is 3.32. The quantitative estimate of drug-likeness (QED) is 0.644. The number of ether oxygens (including phenoxy) is 1. The summed E-state index contributed by atoms with van der Waals surface area (Å²) in [7, 11) is 0. The summed E-state index contributed by atoms with van der Waals surface area (Å²) in [5, 5.41) is 20.4. The van der Waals surface area contributed by atoms with Crippen LogP contribution in [0.2, 0.25) is 0 Å². The van der Waals surface area contributed by atoms with Crippen LogP contribution in [0.4, 0.5) is 11.4 Å². The molecule has 0 atom stereocenters. The second-order valence-corrected chi connectivity index (χ2v) is 6.86. The van der Waals surface area contributed by atoms with Crippen molar-refractivity contribution in [3.63, 3.8) is 0 Å². The summed E-state index contributed by atoms with van der Waals surface area (Å²) in [5.74, 6) is 0.155. The molecule has 0 spiro atoms. The van der Waals surface area contributed by atoms with Gasteiger partial charge in [0.2, 0.25) is 5.88 Å². The lowest BCUT2D eigenvalue weighted by Crippen LogP contribution is -2.27. The van der Waals surface area contributed by atoms with E-state index in [2.05, 4.69) is 49.5 Å². The Morgan fingerprint density at radius 3 is 2.77 bits per heavy atom. The van der Waals surface area contributed by atoms with E-state index in [1.54, 1.807) is 30.6 Å². The van der Waals surface area contributed by atoms with Gasteiger partial charge < -0.3 is 15.0 Å². The minimum atomic E-state index is -0.373. The summed E-state index contributed by atoms with van der Waals surface area (Å²) in [5.41, 5.74) is 1.98. The second kappa shape index (κ2) is 8.91. The number of rotatable bonds is 9. The third kappa shape index (κ3) is 4.11. The molecule has 0 bridgehead atoms. The lowest BCUT2D eigenvalue weighted by molar-refractivity contribution is -0.110. The van der Waals surface area contributed by atoms with Crippen LogP contribution >= 0.6 is 0 Å². The number of nitrogens with zero attached hydrogens (tertiary/aromatic N) is 6. The SMILES string of the molecule is CCN(CC)CCCOc1ccc(NC(=O)C2=NN=c3ccc4c(c32)N=NC=4)cn1. The summed E-state index contributed by atoms with van der Waals surface area (Å²) in [6.45, 7) is 7.97. The van der Waals surface area contributed by atoms with E-state index in [9.17, 15) is 4.79 Å². The zero-order valence-corrected chi connectivity index (χ0v) is 17.0. The van der Waals surface area contributed by atoms with Crippen molar-refractivity contribution in [2.24, 2.45) is 20.4 Å². The number of pyridine rings is 1. The highest BCUT2D eigenvalue weighted by Gasteiger charge is 2.25. The van der Waals surface area contributed by atoms with Gasteiger partial charge in [0.25, 0.3) is 5.91 Å². The number of carbonyl (C=O) groups is 1. The molecule has 9 heteroatoms. The molecule has 0 aliphatic carbocycles. The van der Waals surface area contributed by atoms with Crippen LogP contribution in [0.5, 0.6) is 5.88 Å². The lowest BCUT2D eigenvalue weighted by Gasteiger charge is -2.17. The van der Waals surface area contributed by atoms with Crippen molar-refractivity contribution in [2.45, 2.75) is 20.3 Å². The monoisotopic (exact) mass is 405 g/mol. The van der Waals surface area contributed by atoms with Gasteiger partial charge in [0.15, 0.2) is 5.71 Å². The summed E-state index contributed by atoms with van der Waals surface area (Å²) < 4.78 is 5.69. The average molecular weight is 405 g/mol. The molecule has 0 saturated carbocycles. The Kier molecular flexibility index (Phi) is 5.89. The van der Waals surface area contributed by atoms with Gasteiger partial charge in [-0.1, -0.05) is 13.8 Å². The minimum Gasteiger partial charge on any atom is -0.478 e. The van der Waals surface area contributed by atoms with Gasteiger partial charge in [0.1, 0.15) is 5.69 Å². The van der Waals surface area contributed by atoms with E-state index in [1.165, 1.54) is 0 Å². The van der Waals surface area contributed by atoms with Crippen LogP contribution in [0.15, 0.2) is 50.9 Å². The molecule has 0 fully saturated rings. The Balaban J connectivity index is 1.35. The van der Waals surface area contributed by atoms with Crippen LogP contribution in [-0.2, 0) is 4.79 Å². The summed E-state index contributed by atoms with van der Waals surface area (Å²) in [6.07, 6.45) is 4.14. The topological polar surface area (TPSA) is 104 Å². The number of amides is 1. The molecule has 3 heterocycles. The fraction of sp³-hybridized carbons (Fsp3) is 0.333. The second-order valence-electron chi connectivity index (χ2n) is 6.86. The minimum absolute atomic E-state index is 0.216. The zero-order valence-electron chi connectivity index (χ0n) is 17.0. The Bertz CT molecular complexity index is 1120. The van der Waals surface area contributed by atoms with E-state index >= 15 is 0 Å². The van der Waals surface area contributed by atoms with Gasteiger partial charge in [-0.3, -0.25) is 4.79 Å². The van der Waals surface area contributed by atoms with Crippen molar-refractivity contribution in [3.8, 4) is 5.88 Å². The van der Waals surface area contributed by atoms with E-state index in [0.717, 1.165) is 31.3 Å². The average Bonchev–Trinajstić information content (AvgIpc) is 3.41. The molecule has 154 valence electrons. The number of benzene rings is 1. The Labute approximate surface area is 173 Å². The van der Waals surface area contributed by atoms with E-state index in [4.69, 9.17) is 4.74 Å². The number of anilines is 1. The summed E-state index contributed by atoms with van der Waals surface area (Å²) in [6, 6.07) is 7.15. The maximum Gasteiger partial charge on any atom is 0.277 e. The van der Waals surface area contributed by atoms with Crippen LogP contribution in [0.1, 0.15) is 25.8 Å². The molecule has 0 unspecified atom stereocenters. The van der Waals surface area contributed by atoms with Crippen molar-refractivity contribution in [1.29, 1.82) is 0 Å². The number of hydrogen-bond acceptors (Lipinski definition) is 8. The molecule has 0 radical (unpaired) electrons. The molecule has 2 aromatic rings. The van der Waals surface area contributed by atoms with Crippen LogP contribution in [0.25, 0.3) is 6.20 Å². The van der Waals surface area contributed by atoms with Gasteiger partial charge >= 0.3 is 0 Å². The number of azo groups is 1. The van der Waals surface area contributed by atoms with E-state index in [-0.39, 0.29) is 11.6 Å². The molecule has 2 aliphatic rings. The summed E-state index contributed by atoms with van der Waals surface area (Å²) in [4.78, 5) is 19.4. The molecule has 1 N–H and O–H groups in total. The maximum atomic E-state index is 12.7. The molecule has 1 amide bonds. The standard InChI is InChI=1S/C21H23N7O2/c1-3-28(4-2)10-5-11-30-17-9-7-15(13-22-17)24-21(29)20-18-16(25-27-20)8-6-14-12-23-26-19(14)18/h6-9,12-13H,3-5,10-11H2,1-2H3,(H,24,29). The zero-order chi connectivity index (χ0) is 20.9. The van der Waals surface area contributed by atoms with Crippen molar-refractivity contribution in [2.75, 3.05) is 31.6 Å². The number of hydrogen-bond donors (Lipinski definition) is 1. The molecule has 30 heavy (non-hydrogen) atoms. The first-order chi connectivity index (χ1) is 14.7. The van der Waals surface area contributed by atoms with Crippen molar-refractivity contribution >= 4 is 29.2 Å². The Hall–Kier alpha value is -3.46. The number of fused-ring (bicyclic) bond motifs is 3. The number of nitrogens with one attached hydrogen (secondary N) is 1. The van der Waals surface area contributed by atoms with Crippen molar-refractivity contribution in [1.82, 2.24) is 9.88 Å². The lowest BCUT2D eigenvalue weighted by atomic mass is 10.1. The van der Waals surface area contributed by atoms with Gasteiger partial charge in [0, 0.05) is 17.8 Å². The van der Waals surface area contributed by atoms with E-state index in [0.29, 0.717) is 34.8 Å². The first-order valence-corrected chi connectivity index (χ1v) is 10.0. The van der Waals surface area contributed by atoms with Crippen LogP contribution in [0, 0.1) is 0 Å². The van der Waals surface area contributed by atoms with E-state index in [1.807, 2.05) is 6.07 Å². The largest absolute Gasteiger partial charge is 0.478 e. The van der Waals surface area contributed by atoms with Gasteiger partial charge in [0.05, 0.1) is 35.6 Å².